The zero-order valence-electron chi connectivity index (χ0n) is 15.5. The summed E-state index contributed by atoms with van der Waals surface area (Å²) in [6, 6.07) is 5.54. The molecular formula is C19H28FN3O2. The molecule has 1 aliphatic rings. The Balaban J connectivity index is 1.85. The molecule has 138 valence electrons. The number of amides is 2. The van der Waals surface area contributed by atoms with Crippen LogP contribution in [0.4, 0.5) is 10.1 Å². The number of piperazine rings is 1. The molecule has 0 aliphatic carbocycles. The van der Waals surface area contributed by atoms with E-state index in [0.29, 0.717) is 38.3 Å². The number of nitrogens with one attached hydrogen (secondary N) is 1. The SMILES string of the molecule is CC(C(=O)Nc1cccc(F)c1)N1CCN(C(=O)CC(C)(C)C)CC1. The van der Waals surface area contributed by atoms with E-state index in [0.717, 1.165) is 0 Å². The first-order valence-electron chi connectivity index (χ1n) is 8.74. The zero-order chi connectivity index (χ0) is 18.6. The predicted molar refractivity (Wildman–Crippen MR) is 96.7 cm³/mol. The standard InChI is InChI=1S/C19H28FN3O2/c1-14(18(25)21-16-7-5-6-15(20)12-16)22-8-10-23(11-9-22)17(24)13-19(2,3)4/h5-7,12,14H,8-11,13H2,1-4H3,(H,21,25). The van der Waals surface area contributed by atoms with E-state index < -0.39 is 0 Å². The summed E-state index contributed by atoms with van der Waals surface area (Å²) >= 11 is 0. The minimum atomic E-state index is -0.378. The molecule has 2 amide bonds. The third-order valence-corrected chi connectivity index (χ3v) is 4.37. The Kier molecular flexibility index (Phi) is 6.16. The van der Waals surface area contributed by atoms with Crippen LogP contribution in [0.1, 0.15) is 34.1 Å². The van der Waals surface area contributed by atoms with Crippen LogP contribution in [-0.2, 0) is 9.59 Å². The van der Waals surface area contributed by atoms with Gasteiger partial charge < -0.3 is 10.2 Å². The summed E-state index contributed by atoms with van der Waals surface area (Å²) in [4.78, 5) is 28.6. The van der Waals surface area contributed by atoms with Crippen molar-refractivity contribution >= 4 is 17.5 Å². The van der Waals surface area contributed by atoms with Crippen molar-refractivity contribution in [1.29, 1.82) is 0 Å². The summed E-state index contributed by atoms with van der Waals surface area (Å²) in [7, 11) is 0. The number of nitrogens with zero attached hydrogens (tertiary/aromatic N) is 2. The molecule has 0 bridgehead atoms. The van der Waals surface area contributed by atoms with Crippen LogP contribution in [0.5, 0.6) is 0 Å². The van der Waals surface area contributed by atoms with E-state index in [9.17, 15) is 14.0 Å². The molecular weight excluding hydrogens is 321 g/mol. The number of hydrogen-bond acceptors (Lipinski definition) is 3. The molecule has 25 heavy (non-hydrogen) atoms. The fourth-order valence-electron chi connectivity index (χ4n) is 2.90. The highest BCUT2D eigenvalue weighted by Crippen LogP contribution is 2.21. The maximum absolute atomic E-state index is 13.2. The minimum absolute atomic E-state index is 0.0215. The number of benzene rings is 1. The third kappa shape index (κ3) is 5.81. The van der Waals surface area contributed by atoms with E-state index in [2.05, 4.69) is 31.0 Å². The van der Waals surface area contributed by atoms with Gasteiger partial charge in [0.05, 0.1) is 6.04 Å². The molecule has 5 nitrogen and oxygen atoms in total. The summed E-state index contributed by atoms with van der Waals surface area (Å²) in [5.41, 5.74) is 0.433. The number of carbonyl (C=O) groups is 2. The van der Waals surface area contributed by atoms with E-state index in [1.807, 2.05) is 11.8 Å². The molecule has 0 radical (unpaired) electrons. The summed E-state index contributed by atoms with van der Waals surface area (Å²) in [5, 5.41) is 2.74. The lowest BCUT2D eigenvalue weighted by Gasteiger charge is -2.38. The second kappa shape index (κ2) is 7.95. The van der Waals surface area contributed by atoms with E-state index >= 15 is 0 Å². The summed E-state index contributed by atoms with van der Waals surface area (Å²) in [5.74, 6) is -0.375. The molecule has 1 unspecified atom stereocenters. The highest BCUT2D eigenvalue weighted by Gasteiger charge is 2.29. The van der Waals surface area contributed by atoms with Gasteiger partial charge >= 0.3 is 0 Å². The molecule has 1 aromatic carbocycles. The third-order valence-electron chi connectivity index (χ3n) is 4.37. The van der Waals surface area contributed by atoms with E-state index in [1.54, 1.807) is 12.1 Å². The quantitative estimate of drug-likeness (QED) is 0.909. The lowest BCUT2D eigenvalue weighted by atomic mass is 9.91. The summed E-state index contributed by atoms with van der Waals surface area (Å²) in [6.07, 6.45) is 0.530. The Morgan fingerprint density at radius 1 is 1.20 bits per heavy atom. The van der Waals surface area contributed by atoms with Gasteiger partial charge in [0, 0.05) is 38.3 Å². The van der Waals surface area contributed by atoms with Crippen LogP contribution in [0.2, 0.25) is 0 Å². The van der Waals surface area contributed by atoms with Gasteiger partial charge in [0.2, 0.25) is 11.8 Å². The zero-order valence-corrected chi connectivity index (χ0v) is 15.5. The molecule has 0 saturated carbocycles. The van der Waals surface area contributed by atoms with Crippen LogP contribution in [0.15, 0.2) is 24.3 Å². The van der Waals surface area contributed by atoms with Crippen LogP contribution in [0.3, 0.4) is 0 Å². The van der Waals surface area contributed by atoms with Crippen LogP contribution < -0.4 is 5.32 Å². The summed E-state index contributed by atoms with van der Waals surface area (Å²) in [6.45, 7) is 10.6. The molecule has 1 aromatic rings. The van der Waals surface area contributed by atoms with Gasteiger partial charge in [0.1, 0.15) is 5.82 Å². The Morgan fingerprint density at radius 2 is 1.84 bits per heavy atom. The lowest BCUT2D eigenvalue weighted by molar-refractivity contribution is -0.135. The largest absolute Gasteiger partial charge is 0.340 e. The number of anilines is 1. The molecule has 6 heteroatoms. The first kappa shape index (κ1) is 19.4. The molecule has 0 spiro atoms. The van der Waals surface area contributed by atoms with Crippen molar-refractivity contribution in [3.63, 3.8) is 0 Å². The van der Waals surface area contributed by atoms with Gasteiger partial charge in [-0.05, 0) is 30.5 Å². The maximum Gasteiger partial charge on any atom is 0.241 e. The monoisotopic (exact) mass is 349 g/mol. The molecule has 1 aliphatic heterocycles. The number of rotatable bonds is 4. The first-order chi connectivity index (χ1) is 11.7. The molecule has 1 saturated heterocycles. The van der Waals surface area contributed by atoms with Crippen LogP contribution in [-0.4, -0.2) is 53.8 Å². The number of carbonyl (C=O) groups excluding carboxylic acids is 2. The van der Waals surface area contributed by atoms with E-state index in [-0.39, 0.29) is 29.1 Å². The Bertz CT molecular complexity index is 619. The fraction of sp³-hybridized carbons (Fsp3) is 0.579. The minimum Gasteiger partial charge on any atom is -0.340 e. The van der Waals surface area contributed by atoms with Gasteiger partial charge in [-0.15, -0.1) is 0 Å². The van der Waals surface area contributed by atoms with Crippen molar-refractivity contribution in [3.05, 3.63) is 30.1 Å². The molecule has 1 atom stereocenters. The number of hydrogen-bond donors (Lipinski definition) is 1. The fourth-order valence-corrected chi connectivity index (χ4v) is 2.90. The van der Waals surface area contributed by atoms with Crippen molar-refractivity contribution in [2.45, 2.75) is 40.2 Å². The Hall–Kier alpha value is -1.95. The van der Waals surface area contributed by atoms with Crippen molar-refractivity contribution < 1.29 is 14.0 Å². The van der Waals surface area contributed by atoms with Crippen LogP contribution in [0.25, 0.3) is 0 Å². The second-order valence-corrected chi connectivity index (χ2v) is 7.83. The van der Waals surface area contributed by atoms with Gasteiger partial charge in [-0.1, -0.05) is 26.8 Å². The van der Waals surface area contributed by atoms with Gasteiger partial charge in [0.25, 0.3) is 0 Å². The van der Waals surface area contributed by atoms with Gasteiger partial charge in [-0.2, -0.15) is 0 Å². The summed E-state index contributed by atoms with van der Waals surface area (Å²) < 4.78 is 13.2. The van der Waals surface area contributed by atoms with Crippen molar-refractivity contribution in [3.8, 4) is 0 Å². The lowest BCUT2D eigenvalue weighted by Crippen LogP contribution is -2.54. The van der Waals surface area contributed by atoms with E-state index in [1.165, 1.54) is 12.1 Å². The molecule has 1 fully saturated rings. The van der Waals surface area contributed by atoms with E-state index in [4.69, 9.17) is 0 Å². The average Bonchev–Trinajstić information content (AvgIpc) is 2.52. The number of halogens is 1. The van der Waals surface area contributed by atoms with Gasteiger partial charge in [-0.25, -0.2) is 4.39 Å². The normalized spacial score (nSPS) is 17.2. The molecule has 1 N–H and O–H groups in total. The topological polar surface area (TPSA) is 52.7 Å². The van der Waals surface area contributed by atoms with Gasteiger partial charge in [-0.3, -0.25) is 14.5 Å². The van der Waals surface area contributed by atoms with Gasteiger partial charge in [0.15, 0.2) is 0 Å². The Morgan fingerprint density at radius 3 is 2.40 bits per heavy atom. The average molecular weight is 349 g/mol. The highest BCUT2D eigenvalue weighted by atomic mass is 19.1. The predicted octanol–water partition coefficient (Wildman–Crippen LogP) is 2.73. The highest BCUT2D eigenvalue weighted by molar-refractivity contribution is 5.94. The molecule has 1 heterocycles. The second-order valence-electron chi connectivity index (χ2n) is 7.83. The molecule has 0 aromatic heterocycles. The maximum atomic E-state index is 13.2. The molecule has 2 rings (SSSR count). The van der Waals surface area contributed by atoms with Crippen molar-refractivity contribution in [2.24, 2.45) is 5.41 Å². The van der Waals surface area contributed by atoms with Crippen molar-refractivity contribution in [2.75, 3.05) is 31.5 Å². The van der Waals surface area contributed by atoms with Crippen LogP contribution in [0, 0.1) is 11.2 Å². The Labute approximate surface area is 149 Å². The van der Waals surface area contributed by atoms with Crippen LogP contribution >= 0.6 is 0 Å². The first-order valence-corrected chi connectivity index (χ1v) is 8.74. The smallest absolute Gasteiger partial charge is 0.241 e. The van der Waals surface area contributed by atoms with Crippen molar-refractivity contribution in [1.82, 2.24) is 9.80 Å².